The van der Waals surface area contributed by atoms with Crippen LogP contribution in [0.5, 0.6) is 0 Å². The minimum absolute atomic E-state index is 1.25. The number of rotatable bonds is 0. The fraction of sp³-hybridized carbons (Fsp3) is 0.286. The van der Waals surface area contributed by atoms with Crippen molar-refractivity contribution in [1.82, 2.24) is 4.57 Å². The molecule has 0 radical (unpaired) electrons. The topological polar surface area (TPSA) is 108 Å². The van der Waals surface area contributed by atoms with Crippen molar-refractivity contribution in [3.05, 3.63) is 18.7 Å². The molecule has 0 aliphatic rings. The second kappa shape index (κ2) is 9.79. The number of hydrogen-bond donors (Lipinski definition) is 2. The lowest BCUT2D eigenvalue weighted by Gasteiger charge is -1.72. The summed E-state index contributed by atoms with van der Waals surface area (Å²) in [5, 5.41) is 14.2. The summed E-state index contributed by atoms with van der Waals surface area (Å²) in [7, 11) is 4.00. The Hall–Kier alpha value is -2.21. The molecule has 4 N–H and O–H groups in total. The van der Waals surface area contributed by atoms with Gasteiger partial charge in [0, 0.05) is 0 Å². The van der Waals surface area contributed by atoms with Gasteiger partial charge in [0.1, 0.15) is 12.4 Å². The van der Waals surface area contributed by atoms with Gasteiger partial charge in [-0.1, -0.05) is 0 Å². The Morgan fingerprint density at radius 1 is 1.31 bits per heavy atom. The van der Waals surface area contributed by atoms with E-state index in [2.05, 4.69) is 11.5 Å². The Balaban J connectivity index is 0. The molecule has 0 amide bonds. The first-order valence-corrected chi connectivity index (χ1v) is 3.29. The predicted octanol–water partition coefficient (Wildman–Crippen LogP) is -1.30. The molecule has 0 aromatic carbocycles. The molecule has 1 aromatic heterocycles. The van der Waals surface area contributed by atoms with Crippen molar-refractivity contribution in [3.63, 3.8) is 0 Å². The van der Waals surface area contributed by atoms with E-state index in [1.165, 1.54) is 12.4 Å². The lowest BCUT2D eigenvalue weighted by atomic mass is 10.9. The summed E-state index contributed by atoms with van der Waals surface area (Å²) in [6, 6.07) is 0. The van der Waals surface area contributed by atoms with E-state index in [0.717, 1.165) is 0 Å². The minimum atomic E-state index is 1.25. The van der Waals surface area contributed by atoms with Crippen molar-refractivity contribution in [1.29, 1.82) is 10.5 Å². The van der Waals surface area contributed by atoms with Gasteiger partial charge in [0.05, 0.1) is 14.1 Å². The van der Waals surface area contributed by atoms with E-state index < -0.39 is 0 Å². The molecule has 0 aliphatic carbocycles. The molecule has 0 bridgehead atoms. The van der Waals surface area contributed by atoms with Gasteiger partial charge in [-0.05, 0) is 0 Å². The molecule has 1 heterocycles. The van der Waals surface area contributed by atoms with Gasteiger partial charge in [-0.25, -0.2) is 9.13 Å². The van der Waals surface area contributed by atoms with E-state index in [1.54, 1.807) is 0 Å². The van der Waals surface area contributed by atoms with Gasteiger partial charge in [-0.15, -0.1) is 0 Å². The molecular weight excluding hydrogens is 168 g/mol. The number of aryl methyl sites for hydroxylation is 2. The van der Waals surface area contributed by atoms with Crippen LogP contribution in [0.4, 0.5) is 0 Å². The van der Waals surface area contributed by atoms with E-state index in [-0.39, 0.29) is 0 Å². The fourth-order valence-electron chi connectivity index (χ4n) is 0.575. The smallest absolute Gasteiger partial charge is 0.243 e. The maximum absolute atomic E-state index is 7.10. The Labute approximate surface area is 77.2 Å². The zero-order valence-corrected chi connectivity index (χ0v) is 7.68. The summed E-state index contributed by atoms with van der Waals surface area (Å²) >= 11 is 0. The van der Waals surface area contributed by atoms with Crippen LogP contribution in [0, 0.1) is 22.9 Å². The van der Waals surface area contributed by atoms with Crippen molar-refractivity contribution in [2.45, 2.75) is 0 Å². The lowest BCUT2D eigenvalue weighted by Crippen LogP contribution is -2.23. The highest BCUT2D eigenvalue weighted by Gasteiger charge is 1.87. The highest BCUT2D eigenvalue weighted by Crippen LogP contribution is 1.70. The zero-order valence-electron chi connectivity index (χ0n) is 7.68. The summed E-state index contributed by atoms with van der Waals surface area (Å²) in [5.41, 5.74) is 8.31. The molecule has 0 spiro atoms. The van der Waals surface area contributed by atoms with Gasteiger partial charge in [0.25, 0.3) is 0 Å². The van der Waals surface area contributed by atoms with Gasteiger partial charge in [0.2, 0.25) is 6.33 Å². The maximum Gasteiger partial charge on any atom is 0.243 e. The zero-order chi connectivity index (χ0) is 10.7. The van der Waals surface area contributed by atoms with Crippen molar-refractivity contribution < 1.29 is 4.57 Å². The molecule has 70 valence electrons. The van der Waals surface area contributed by atoms with Crippen LogP contribution in [0.25, 0.3) is 0 Å². The highest BCUT2D eigenvalue weighted by atomic mass is 15.1. The fourth-order valence-corrected chi connectivity index (χ4v) is 0.575. The van der Waals surface area contributed by atoms with E-state index in [9.17, 15) is 0 Å². The summed E-state index contributed by atoms with van der Waals surface area (Å²) in [5.74, 6) is 0. The summed E-state index contributed by atoms with van der Waals surface area (Å²) in [6.45, 7) is 0. The molecule has 1 rings (SSSR count). The van der Waals surface area contributed by atoms with Gasteiger partial charge < -0.3 is 11.5 Å². The first kappa shape index (κ1) is 13.4. The Morgan fingerprint density at radius 2 is 1.69 bits per heavy atom. The molecule has 0 atom stereocenters. The number of aromatic nitrogens is 2. The van der Waals surface area contributed by atoms with E-state index in [1.807, 2.05) is 42.0 Å². The second-order valence-corrected chi connectivity index (χ2v) is 2.00. The molecule has 1 aromatic rings. The van der Waals surface area contributed by atoms with Crippen LogP contribution in [-0.4, -0.2) is 4.57 Å². The molecule has 13 heavy (non-hydrogen) atoms. The number of nitriles is 2. The second-order valence-electron chi connectivity index (χ2n) is 2.00. The average molecular weight is 181 g/mol. The molecule has 0 saturated carbocycles. The molecule has 6 heteroatoms. The summed E-state index contributed by atoms with van der Waals surface area (Å²) in [6.07, 6.45) is 8.50. The Bertz CT molecular complexity index is 260. The van der Waals surface area contributed by atoms with Gasteiger partial charge in [-0.2, -0.15) is 10.5 Å². The molecular formula is C7H13N6+. The number of nitrogens with zero attached hydrogens (tertiary/aromatic N) is 4. The van der Waals surface area contributed by atoms with Crippen LogP contribution >= 0.6 is 0 Å². The Morgan fingerprint density at radius 3 is 1.77 bits per heavy atom. The van der Waals surface area contributed by atoms with Crippen molar-refractivity contribution >= 4 is 0 Å². The van der Waals surface area contributed by atoms with Crippen molar-refractivity contribution in [2.24, 2.45) is 25.6 Å². The van der Waals surface area contributed by atoms with Gasteiger partial charge >= 0.3 is 0 Å². The van der Waals surface area contributed by atoms with Crippen LogP contribution in [0.15, 0.2) is 18.7 Å². The highest BCUT2D eigenvalue weighted by molar-refractivity contribution is 4.60. The van der Waals surface area contributed by atoms with Gasteiger partial charge in [-0.3, -0.25) is 0 Å². The first-order valence-electron chi connectivity index (χ1n) is 3.29. The standard InChI is InChI=1S/C5H9N2.2CH2N2/c1-6-3-4-7(2)5-6;2*2-1-3/h3-5H,1-2H3;2*2H2/q+1;;. The molecule has 0 fully saturated rings. The maximum atomic E-state index is 7.10. The SMILES string of the molecule is Cn1cc[n+](C)c1.N#CN.N#CN. The minimum Gasteiger partial charge on any atom is -0.337 e. The number of nitrogens with two attached hydrogens (primary N) is 2. The Kier molecular flexibility index (Phi) is 10.1. The molecule has 0 unspecified atom stereocenters. The third kappa shape index (κ3) is 12.9. The summed E-state index contributed by atoms with van der Waals surface area (Å²) in [4.78, 5) is 0. The number of hydrogen-bond acceptors (Lipinski definition) is 4. The molecule has 6 nitrogen and oxygen atoms in total. The predicted molar refractivity (Wildman–Crippen MR) is 46.2 cm³/mol. The summed E-state index contributed by atoms with van der Waals surface area (Å²) < 4.78 is 4.00. The van der Waals surface area contributed by atoms with E-state index >= 15 is 0 Å². The average Bonchev–Trinajstić information content (AvgIpc) is 2.38. The number of imidazole rings is 1. The lowest BCUT2D eigenvalue weighted by molar-refractivity contribution is -0.670. The van der Waals surface area contributed by atoms with E-state index in [4.69, 9.17) is 10.5 Å². The van der Waals surface area contributed by atoms with Crippen LogP contribution in [0.3, 0.4) is 0 Å². The van der Waals surface area contributed by atoms with Crippen molar-refractivity contribution in [3.8, 4) is 12.4 Å². The molecule has 0 aliphatic heterocycles. The quantitative estimate of drug-likeness (QED) is 0.294. The largest absolute Gasteiger partial charge is 0.337 e. The van der Waals surface area contributed by atoms with Crippen LogP contribution < -0.4 is 16.0 Å². The van der Waals surface area contributed by atoms with Crippen molar-refractivity contribution in [2.75, 3.05) is 0 Å². The third-order valence-corrected chi connectivity index (χ3v) is 0.901. The van der Waals surface area contributed by atoms with Crippen LogP contribution in [0.2, 0.25) is 0 Å². The van der Waals surface area contributed by atoms with Crippen LogP contribution in [-0.2, 0) is 14.1 Å². The molecule has 0 saturated heterocycles. The van der Waals surface area contributed by atoms with Crippen LogP contribution in [0.1, 0.15) is 0 Å². The third-order valence-electron chi connectivity index (χ3n) is 0.901. The monoisotopic (exact) mass is 181 g/mol. The first-order chi connectivity index (χ1) is 6.12. The normalized spacial score (nSPS) is 6.15. The van der Waals surface area contributed by atoms with Gasteiger partial charge in [0.15, 0.2) is 12.4 Å². The van der Waals surface area contributed by atoms with E-state index in [0.29, 0.717) is 0 Å².